The lowest BCUT2D eigenvalue weighted by Crippen LogP contribution is -2.29. The fourth-order valence-electron chi connectivity index (χ4n) is 7.59. The lowest BCUT2D eigenvalue weighted by atomic mass is 10.0. The van der Waals surface area contributed by atoms with Crippen molar-refractivity contribution >= 4 is 11.9 Å². The summed E-state index contributed by atoms with van der Waals surface area (Å²) in [6.07, 6.45) is 8.23. The van der Waals surface area contributed by atoms with Crippen molar-refractivity contribution in [1.29, 1.82) is 0 Å². The molecule has 0 bridgehead atoms. The molecule has 0 radical (unpaired) electrons. The van der Waals surface area contributed by atoms with Crippen LogP contribution in [0.15, 0.2) is 49.1 Å². The van der Waals surface area contributed by atoms with Crippen LogP contribution in [0, 0.1) is 27.7 Å². The quantitative estimate of drug-likeness (QED) is 0.260. The fourth-order valence-corrected chi connectivity index (χ4v) is 7.59. The van der Waals surface area contributed by atoms with E-state index < -0.39 is 5.97 Å². The van der Waals surface area contributed by atoms with Crippen LogP contribution in [0.3, 0.4) is 0 Å². The first-order valence-corrected chi connectivity index (χ1v) is 18.1. The minimum atomic E-state index is -1.04. The molecule has 53 heavy (non-hydrogen) atoms. The van der Waals surface area contributed by atoms with Gasteiger partial charge in [0.25, 0.3) is 5.91 Å². The molecule has 8 heterocycles. The Hall–Kier alpha value is -5.96. The number of aromatic carboxylic acids is 1. The lowest BCUT2D eigenvalue weighted by molar-refractivity contribution is 0.0688. The molecule has 4 aliphatic rings. The maximum Gasteiger partial charge on any atom is 0.356 e. The Bertz CT molecular complexity index is 2350. The summed E-state index contributed by atoms with van der Waals surface area (Å²) < 4.78 is 7.48. The van der Waals surface area contributed by atoms with E-state index in [9.17, 15) is 14.7 Å². The van der Waals surface area contributed by atoms with E-state index in [2.05, 4.69) is 67.1 Å². The number of carbonyl (C=O) groups excluding carboxylic acids is 1. The average Bonchev–Trinajstić information content (AvgIpc) is 4.00. The molecule has 0 unspecified atom stereocenters. The Balaban J connectivity index is 0.000000135. The molecule has 0 saturated carbocycles. The summed E-state index contributed by atoms with van der Waals surface area (Å²) in [6, 6.07) is 12.4. The molecule has 0 spiro atoms. The Labute approximate surface area is 306 Å². The van der Waals surface area contributed by atoms with Gasteiger partial charge in [0.05, 0.1) is 58.6 Å². The van der Waals surface area contributed by atoms with Crippen LogP contribution in [0.2, 0.25) is 0 Å². The van der Waals surface area contributed by atoms with E-state index in [1.165, 1.54) is 31.5 Å². The maximum absolute atomic E-state index is 13.0. The van der Waals surface area contributed by atoms with E-state index in [1.54, 1.807) is 17.3 Å². The van der Waals surface area contributed by atoms with Gasteiger partial charge in [0.2, 0.25) is 0 Å². The van der Waals surface area contributed by atoms with Gasteiger partial charge < -0.3 is 15.3 Å². The topological polar surface area (TPSA) is 167 Å². The maximum atomic E-state index is 13.0. The van der Waals surface area contributed by atoms with E-state index in [-0.39, 0.29) is 11.6 Å². The Morgan fingerprint density at radius 3 is 1.64 bits per heavy atom. The molecule has 2 fully saturated rings. The van der Waals surface area contributed by atoms with Crippen LogP contribution in [-0.4, -0.2) is 97.2 Å². The van der Waals surface area contributed by atoms with Crippen molar-refractivity contribution < 1.29 is 14.7 Å². The zero-order valence-corrected chi connectivity index (χ0v) is 30.4. The number of carboxylic acid groups (broad SMARTS) is 1. The number of benzene rings is 2. The standard InChI is InChI=1S/C19H20N6O.C15H13N5O2.C4H9N/c1-12-5-6-15-14(9-12)18-13(2)21-22-25(18)10-16-17(20-11-24(15)16)19(26)23-7-3-4-8-23;1-8-3-4-11-10(5-8)14-9(2)17-18-20(14)6-12-13(15(21)22)16-7-19(11)12;1-2-4-5-3-1/h5-6,9,11H,3-4,7-8,10H2,1-2H3;3-5,7H,6H2,1-2H3,(H,21,22);5H,1-4H2. The van der Waals surface area contributed by atoms with Crippen LogP contribution >= 0.6 is 0 Å². The molecule has 4 aromatic heterocycles. The molecule has 272 valence electrons. The zero-order chi connectivity index (χ0) is 36.8. The number of imidazole rings is 2. The normalized spacial score (nSPS) is 14.9. The highest BCUT2D eigenvalue weighted by atomic mass is 16.4. The number of rotatable bonds is 2. The molecule has 2 saturated heterocycles. The van der Waals surface area contributed by atoms with Crippen molar-refractivity contribution in [3.05, 3.63) is 94.3 Å². The lowest BCUT2D eigenvalue weighted by Gasteiger charge is -2.15. The second kappa shape index (κ2) is 13.9. The highest BCUT2D eigenvalue weighted by molar-refractivity contribution is 5.94. The molecule has 1 amide bonds. The molecule has 2 aromatic carbocycles. The first kappa shape index (κ1) is 34.1. The van der Waals surface area contributed by atoms with Crippen LogP contribution in [0.4, 0.5) is 0 Å². The number of hydrogen-bond donors (Lipinski definition) is 2. The molecule has 2 N–H and O–H groups in total. The minimum absolute atomic E-state index is 0.0187. The number of aromatic nitrogens is 10. The van der Waals surface area contributed by atoms with Crippen molar-refractivity contribution in [3.63, 3.8) is 0 Å². The zero-order valence-electron chi connectivity index (χ0n) is 30.4. The van der Waals surface area contributed by atoms with Gasteiger partial charge in [-0.25, -0.2) is 24.1 Å². The summed E-state index contributed by atoms with van der Waals surface area (Å²) in [4.78, 5) is 34.8. The number of carboxylic acids is 1. The molecule has 6 aromatic rings. The summed E-state index contributed by atoms with van der Waals surface area (Å²) in [7, 11) is 0. The van der Waals surface area contributed by atoms with E-state index in [0.717, 1.165) is 82.5 Å². The predicted molar refractivity (Wildman–Crippen MR) is 197 cm³/mol. The third-order valence-electron chi connectivity index (χ3n) is 10.2. The first-order valence-electron chi connectivity index (χ1n) is 18.1. The van der Waals surface area contributed by atoms with Gasteiger partial charge >= 0.3 is 5.97 Å². The average molecular weight is 715 g/mol. The number of nitrogens with zero attached hydrogens (tertiary/aromatic N) is 11. The van der Waals surface area contributed by atoms with Gasteiger partial charge in [0, 0.05) is 24.2 Å². The van der Waals surface area contributed by atoms with E-state index in [4.69, 9.17) is 0 Å². The van der Waals surface area contributed by atoms with Crippen LogP contribution in [0.25, 0.3) is 33.9 Å². The summed E-state index contributed by atoms with van der Waals surface area (Å²) >= 11 is 0. The van der Waals surface area contributed by atoms with Crippen molar-refractivity contribution in [2.45, 2.75) is 66.5 Å². The number of aryl methyl sites for hydroxylation is 4. The van der Waals surface area contributed by atoms with E-state index in [0.29, 0.717) is 24.5 Å². The second-order valence-corrected chi connectivity index (χ2v) is 14.0. The monoisotopic (exact) mass is 714 g/mol. The molecule has 15 nitrogen and oxygen atoms in total. The number of nitrogens with one attached hydrogen (secondary N) is 1. The van der Waals surface area contributed by atoms with Gasteiger partial charge in [0.1, 0.15) is 12.7 Å². The molecular weight excluding hydrogens is 672 g/mol. The fraction of sp³-hybridized carbons (Fsp3) is 0.368. The van der Waals surface area contributed by atoms with Crippen LogP contribution < -0.4 is 5.32 Å². The Morgan fingerprint density at radius 2 is 1.17 bits per heavy atom. The second-order valence-electron chi connectivity index (χ2n) is 14.0. The largest absolute Gasteiger partial charge is 0.476 e. The Morgan fingerprint density at radius 1 is 0.679 bits per heavy atom. The molecular formula is C38H42N12O3. The highest BCUT2D eigenvalue weighted by Crippen LogP contribution is 2.36. The van der Waals surface area contributed by atoms with E-state index in [1.807, 2.05) is 51.6 Å². The number of fused-ring (bicyclic) bond motifs is 10. The summed E-state index contributed by atoms with van der Waals surface area (Å²) in [5.74, 6) is -1.02. The number of carbonyl (C=O) groups is 2. The van der Waals surface area contributed by atoms with E-state index >= 15 is 0 Å². The van der Waals surface area contributed by atoms with Crippen molar-refractivity contribution in [2.24, 2.45) is 0 Å². The van der Waals surface area contributed by atoms with Gasteiger partial charge in [-0.3, -0.25) is 13.9 Å². The first-order chi connectivity index (χ1) is 25.7. The van der Waals surface area contributed by atoms with Gasteiger partial charge in [-0.2, -0.15) is 0 Å². The summed E-state index contributed by atoms with van der Waals surface area (Å²) in [5.41, 5.74) is 11.9. The van der Waals surface area contributed by atoms with Gasteiger partial charge in [-0.05, 0) is 90.7 Å². The van der Waals surface area contributed by atoms with Crippen LogP contribution in [0.5, 0.6) is 0 Å². The third-order valence-corrected chi connectivity index (χ3v) is 10.2. The predicted octanol–water partition coefficient (Wildman–Crippen LogP) is 4.52. The van der Waals surface area contributed by atoms with Crippen molar-refractivity contribution in [1.82, 2.24) is 59.3 Å². The smallest absolute Gasteiger partial charge is 0.356 e. The van der Waals surface area contributed by atoms with Gasteiger partial charge in [-0.1, -0.05) is 33.7 Å². The van der Waals surface area contributed by atoms with Gasteiger partial charge in [0.15, 0.2) is 11.4 Å². The number of amides is 1. The van der Waals surface area contributed by atoms with Crippen molar-refractivity contribution in [2.75, 3.05) is 26.2 Å². The van der Waals surface area contributed by atoms with Crippen LogP contribution in [-0.2, 0) is 13.1 Å². The molecule has 0 aliphatic carbocycles. The summed E-state index contributed by atoms with van der Waals surface area (Å²) in [6.45, 7) is 12.9. The molecule has 0 atom stereocenters. The molecule has 4 aliphatic heterocycles. The minimum Gasteiger partial charge on any atom is -0.476 e. The van der Waals surface area contributed by atoms with Crippen molar-refractivity contribution in [3.8, 4) is 33.9 Å². The number of likely N-dealkylation sites (tertiary alicyclic amines) is 1. The van der Waals surface area contributed by atoms with Crippen LogP contribution in [0.1, 0.15) is 80.6 Å². The third kappa shape index (κ3) is 6.20. The Kier molecular flexibility index (Phi) is 8.94. The SMILES string of the molecule is C1CCNC1.Cc1ccc2c(c1)-c1c(C)nnn1Cc1c(C(=O)N3CCCC3)ncn1-2.Cc1ccc2c(c1)-c1c(C)nnn1Cc1c(C(=O)O)ncn1-2. The number of hydrogen-bond acceptors (Lipinski definition) is 9. The summed E-state index contributed by atoms with van der Waals surface area (Å²) in [5, 5.41) is 29.4. The molecule has 15 heteroatoms. The molecule has 10 rings (SSSR count). The highest BCUT2D eigenvalue weighted by Gasteiger charge is 2.31. The van der Waals surface area contributed by atoms with Gasteiger partial charge in [-0.15, -0.1) is 10.2 Å².